The Bertz CT molecular complexity index is 725. The highest BCUT2D eigenvalue weighted by Gasteiger charge is 2.32. The van der Waals surface area contributed by atoms with Gasteiger partial charge in [0.25, 0.3) is 5.91 Å². The van der Waals surface area contributed by atoms with E-state index < -0.39 is 0 Å². The van der Waals surface area contributed by atoms with Crippen molar-refractivity contribution in [2.45, 2.75) is 38.8 Å². The molecule has 1 aliphatic rings. The number of hydrogen-bond donors (Lipinski definition) is 3. The van der Waals surface area contributed by atoms with E-state index in [0.29, 0.717) is 36.5 Å². The molecule has 8 heteroatoms. The van der Waals surface area contributed by atoms with E-state index in [4.69, 9.17) is 4.74 Å². The van der Waals surface area contributed by atoms with Gasteiger partial charge in [-0.3, -0.25) is 9.59 Å². The van der Waals surface area contributed by atoms with Crippen LogP contribution in [0.2, 0.25) is 0 Å². The lowest BCUT2D eigenvalue weighted by Gasteiger charge is -2.37. The summed E-state index contributed by atoms with van der Waals surface area (Å²) in [6.45, 7) is 5.71. The Morgan fingerprint density at radius 2 is 2.13 bits per heavy atom. The van der Waals surface area contributed by atoms with E-state index in [1.807, 2.05) is 39.9 Å². The maximum atomic E-state index is 13.3. The van der Waals surface area contributed by atoms with E-state index >= 15 is 0 Å². The van der Waals surface area contributed by atoms with Crippen molar-refractivity contribution in [3.05, 3.63) is 23.8 Å². The number of likely N-dealkylation sites (N-methyl/N-ethyl adjacent to an activating group) is 1. The standard InChI is InChI=1S/C22H36N4O4/c1-15-13-26(16(2)14-27)22(29)18-11-17(24-21(28)7-6-10-25(4)5)8-9-19(18)30-20(15)12-23-3/h8-9,11,15-16,20,23,27H,6-7,10,12-14H2,1-5H3,(H,24,28)/t15-,16+,20-/m1/s1. The molecule has 1 heterocycles. The molecule has 30 heavy (non-hydrogen) atoms. The predicted octanol–water partition coefficient (Wildman–Crippen LogP) is 1.41. The predicted molar refractivity (Wildman–Crippen MR) is 118 cm³/mol. The van der Waals surface area contributed by atoms with Gasteiger partial charge >= 0.3 is 0 Å². The van der Waals surface area contributed by atoms with Crippen LogP contribution in [0.15, 0.2) is 18.2 Å². The van der Waals surface area contributed by atoms with E-state index in [2.05, 4.69) is 10.6 Å². The molecule has 0 saturated carbocycles. The molecule has 2 amide bonds. The van der Waals surface area contributed by atoms with E-state index in [9.17, 15) is 14.7 Å². The van der Waals surface area contributed by atoms with Gasteiger partial charge in [-0.15, -0.1) is 0 Å². The first-order valence-electron chi connectivity index (χ1n) is 10.6. The zero-order valence-electron chi connectivity index (χ0n) is 18.8. The van der Waals surface area contributed by atoms with Crippen molar-refractivity contribution in [1.29, 1.82) is 0 Å². The Kier molecular flexibility index (Phi) is 9.08. The second-order valence-corrected chi connectivity index (χ2v) is 8.35. The Balaban J connectivity index is 2.27. The van der Waals surface area contributed by atoms with Crippen LogP contribution in [-0.4, -0.2) is 86.3 Å². The quantitative estimate of drug-likeness (QED) is 0.559. The van der Waals surface area contributed by atoms with Crippen LogP contribution >= 0.6 is 0 Å². The average Bonchev–Trinajstić information content (AvgIpc) is 2.70. The maximum absolute atomic E-state index is 13.3. The van der Waals surface area contributed by atoms with Gasteiger partial charge in [0.2, 0.25) is 5.91 Å². The van der Waals surface area contributed by atoms with Gasteiger partial charge in [-0.25, -0.2) is 0 Å². The fourth-order valence-electron chi connectivity index (χ4n) is 3.52. The van der Waals surface area contributed by atoms with Gasteiger partial charge in [0.1, 0.15) is 11.9 Å². The van der Waals surface area contributed by atoms with Crippen molar-refractivity contribution >= 4 is 17.5 Å². The molecule has 0 radical (unpaired) electrons. The van der Waals surface area contributed by atoms with E-state index in [1.165, 1.54) is 0 Å². The highest BCUT2D eigenvalue weighted by atomic mass is 16.5. The molecule has 0 aromatic heterocycles. The summed E-state index contributed by atoms with van der Waals surface area (Å²) in [6.07, 6.45) is 1.05. The molecule has 0 saturated heterocycles. The number of carbonyl (C=O) groups excluding carboxylic acids is 2. The molecule has 2 rings (SSSR count). The van der Waals surface area contributed by atoms with Crippen molar-refractivity contribution in [3.8, 4) is 5.75 Å². The monoisotopic (exact) mass is 420 g/mol. The zero-order valence-corrected chi connectivity index (χ0v) is 18.8. The number of nitrogens with zero attached hydrogens (tertiary/aromatic N) is 2. The number of amides is 2. The van der Waals surface area contributed by atoms with Gasteiger partial charge in [0.05, 0.1) is 18.2 Å². The first-order chi connectivity index (χ1) is 14.3. The number of ether oxygens (including phenoxy) is 1. The molecule has 8 nitrogen and oxygen atoms in total. The Morgan fingerprint density at radius 3 is 2.77 bits per heavy atom. The summed E-state index contributed by atoms with van der Waals surface area (Å²) < 4.78 is 6.18. The third kappa shape index (κ3) is 6.42. The van der Waals surface area contributed by atoms with Gasteiger partial charge in [0, 0.05) is 31.1 Å². The Labute approximate surface area is 179 Å². The van der Waals surface area contributed by atoms with Crippen LogP contribution < -0.4 is 15.4 Å². The summed E-state index contributed by atoms with van der Waals surface area (Å²) in [5, 5.41) is 15.7. The molecule has 1 aromatic carbocycles. The average molecular weight is 421 g/mol. The molecule has 0 bridgehead atoms. The van der Waals surface area contributed by atoms with E-state index in [1.54, 1.807) is 23.1 Å². The summed E-state index contributed by atoms with van der Waals surface area (Å²) in [5.41, 5.74) is 0.963. The molecule has 3 N–H and O–H groups in total. The number of anilines is 1. The van der Waals surface area contributed by atoms with Crippen molar-refractivity contribution < 1.29 is 19.4 Å². The number of benzene rings is 1. The smallest absolute Gasteiger partial charge is 0.258 e. The Hall–Kier alpha value is -2.16. The number of aliphatic hydroxyl groups excluding tert-OH is 1. The van der Waals surface area contributed by atoms with Gasteiger partial charge in [-0.2, -0.15) is 0 Å². The molecule has 0 spiro atoms. The van der Waals surface area contributed by atoms with Gasteiger partial charge in [-0.1, -0.05) is 6.92 Å². The minimum Gasteiger partial charge on any atom is -0.488 e. The molecular formula is C22H36N4O4. The lowest BCUT2D eigenvalue weighted by molar-refractivity contribution is -0.116. The van der Waals surface area contributed by atoms with Crippen molar-refractivity contribution in [2.75, 3.05) is 52.7 Å². The number of aliphatic hydroxyl groups is 1. The van der Waals surface area contributed by atoms with Crippen LogP contribution in [-0.2, 0) is 4.79 Å². The molecule has 0 fully saturated rings. The largest absolute Gasteiger partial charge is 0.488 e. The lowest BCUT2D eigenvalue weighted by atomic mass is 9.99. The second kappa shape index (κ2) is 11.3. The maximum Gasteiger partial charge on any atom is 0.258 e. The third-order valence-corrected chi connectivity index (χ3v) is 5.36. The van der Waals surface area contributed by atoms with Crippen LogP contribution in [0, 0.1) is 5.92 Å². The SMILES string of the molecule is CNC[C@H]1Oc2ccc(NC(=O)CCCN(C)C)cc2C(=O)N([C@@H](C)CO)C[C@H]1C. The normalized spacial score (nSPS) is 20.2. The van der Waals surface area contributed by atoms with Crippen LogP contribution in [0.25, 0.3) is 0 Å². The Morgan fingerprint density at radius 1 is 1.40 bits per heavy atom. The lowest BCUT2D eigenvalue weighted by Crippen LogP contribution is -2.49. The van der Waals surface area contributed by atoms with Crippen molar-refractivity contribution in [3.63, 3.8) is 0 Å². The summed E-state index contributed by atoms with van der Waals surface area (Å²) >= 11 is 0. The van der Waals surface area contributed by atoms with E-state index in [-0.39, 0.29) is 36.5 Å². The first kappa shape index (κ1) is 24.1. The van der Waals surface area contributed by atoms with Crippen LogP contribution in [0.5, 0.6) is 5.75 Å². The number of carbonyl (C=O) groups is 2. The van der Waals surface area contributed by atoms with Crippen LogP contribution in [0.3, 0.4) is 0 Å². The molecular weight excluding hydrogens is 384 g/mol. The van der Waals surface area contributed by atoms with Crippen LogP contribution in [0.1, 0.15) is 37.0 Å². The zero-order chi connectivity index (χ0) is 22.3. The minimum absolute atomic E-state index is 0.0830. The summed E-state index contributed by atoms with van der Waals surface area (Å²) in [4.78, 5) is 29.3. The molecule has 1 aliphatic heterocycles. The minimum atomic E-state index is -0.314. The summed E-state index contributed by atoms with van der Waals surface area (Å²) in [7, 11) is 5.81. The fraction of sp³-hybridized carbons (Fsp3) is 0.636. The number of nitrogens with one attached hydrogen (secondary N) is 2. The summed E-state index contributed by atoms with van der Waals surface area (Å²) in [5.74, 6) is 0.287. The van der Waals surface area contributed by atoms with Gasteiger partial charge in [-0.05, 0) is 59.2 Å². The molecule has 0 unspecified atom stereocenters. The number of fused-ring (bicyclic) bond motifs is 1. The fourth-order valence-corrected chi connectivity index (χ4v) is 3.52. The highest BCUT2D eigenvalue weighted by Crippen LogP contribution is 2.30. The van der Waals surface area contributed by atoms with Gasteiger partial charge < -0.3 is 30.3 Å². The van der Waals surface area contributed by atoms with Gasteiger partial charge in [0.15, 0.2) is 0 Å². The first-order valence-corrected chi connectivity index (χ1v) is 10.6. The van der Waals surface area contributed by atoms with Crippen molar-refractivity contribution in [1.82, 2.24) is 15.1 Å². The highest BCUT2D eigenvalue weighted by molar-refractivity contribution is 5.99. The molecule has 168 valence electrons. The van der Waals surface area contributed by atoms with Crippen molar-refractivity contribution in [2.24, 2.45) is 5.92 Å². The van der Waals surface area contributed by atoms with E-state index in [0.717, 1.165) is 13.0 Å². The van der Waals surface area contributed by atoms with Crippen LogP contribution in [0.4, 0.5) is 5.69 Å². The third-order valence-electron chi connectivity index (χ3n) is 5.36. The molecule has 1 aromatic rings. The second-order valence-electron chi connectivity index (χ2n) is 8.35. The number of hydrogen-bond acceptors (Lipinski definition) is 6. The topological polar surface area (TPSA) is 94.1 Å². The molecule has 3 atom stereocenters. The number of rotatable bonds is 9. The molecule has 0 aliphatic carbocycles. The summed E-state index contributed by atoms with van der Waals surface area (Å²) in [6, 6.07) is 4.86.